The van der Waals surface area contributed by atoms with Crippen molar-refractivity contribution < 1.29 is 4.79 Å². The third kappa shape index (κ3) is 3.23. The molecule has 1 aliphatic carbocycles. The van der Waals surface area contributed by atoms with Crippen molar-refractivity contribution >= 4 is 16.8 Å². The summed E-state index contributed by atoms with van der Waals surface area (Å²) < 4.78 is 0. The lowest BCUT2D eigenvalue weighted by Gasteiger charge is -2.34. The number of aromatic nitrogens is 1. The van der Waals surface area contributed by atoms with E-state index in [9.17, 15) is 4.79 Å². The van der Waals surface area contributed by atoms with Crippen LogP contribution in [0.5, 0.6) is 0 Å². The average molecular weight is 351 g/mol. The molecule has 1 aromatic carbocycles. The van der Waals surface area contributed by atoms with Gasteiger partial charge in [0, 0.05) is 36.1 Å². The number of likely N-dealkylation sites (tertiary alicyclic amines) is 1. The molecule has 1 unspecified atom stereocenters. The largest absolute Gasteiger partial charge is 0.339 e. The topological polar surface area (TPSA) is 59.2 Å². The van der Waals surface area contributed by atoms with Gasteiger partial charge in [-0.25, -0.2) is 0 Å². The standard InChI is InChI=1S/C22H29N3O/c1-13-10-14(2)21-18(11-13)19(12-20(24-21)17-4-5-17)22(26)25-8-6-16(7-9-25)15(3)23/h10-12,15-17H,4-9,23H2,1-3H3. The van der Waals surface area contributed by atoms with Gasteiger partial charge >= 0.3 is 0 Å². The van der Waals surface area contributed by atoms with Crippen molar-refractivity contribution in [3.8, 4) is 0 Å². The number of piperidine rings is 1. The number of aryl methyl sites for hydroxylation is 2. The zero-order valence-corrected chi connectivity index (χ0v) is 16.1. The second-order valence-electron chi connectivity index (χ2n) is 8.34. The van der Waals surface area contributed by atoms with Crippen LogP contribution in [0.4, 0.5) is 0 Å². The number of hydrogen-bond acceptors (Lipinski definition) is 3. The van der Waals surface area contributed by atoms with Crippen molar-refractivity contribution in [1.29, 1.82) is 0 Å². The van der Waals surface area contributed by atoms with Gasteiger partial charge in [0.1, 0.15) is 0 Å². The third-order valence-corrected chi connectivity index (χ3v) is 6.06. The van der Waals surface area contributed by atoms with Crippen molar-refractivity contribution in [3.63, 3.8) is 0 Å². The summed E-state index contributed by atoms with van der Waals surface area (Å²) in [6.07, 6.45) is 4.38. The summed E-state index contributed by atoms with van der Waals surface area (Å²) in [7, 11) is 0. The zero-order valence-electron chi connectivity index (χ0n) is 16.1. The number of rotatable bonds is 3. The van der Waals surface area contributed by atoms with Crippen LogP contribution in [0.1, 0.15) is 65.7 Å². The smallest absolute Gasteiger partial charge is 0.254 e. The van der Waals surface area contributed by atoms with E-state index < -0.39 is 0 Å². The van der Waals surface area contributed by atoms with Gasteiger partial charge in [-0.1, -0.05) is 11.6 Å². The van der Waals surface area contributed by atoms with Gasteiger partial charge in [0.05, 0.1) is 11.1 Å². The molecule has 0 bridgehead atoms. The molecule has 0 radical (unpaired) electrons. The summed E-state index contributed by atoms with van der Waals surface area (Å²) in [5.41, 5.74) is 11.3. The molecule has 1 saturated carbocycles. The van der Waals surface area contributed by atoms with Gasteiger partial charge in [-0.15, -0.1) is 0 Å². The summed E-state index contributed by atoms with van der Waals surface area (Å²) in [4.78, 5) is 20.3. The summed E-state index contributed by atoms with van der Waals surface area (Å²) in [5.74, 6) is 1.22. The highest BCUT2D eigenvalue weighted by Gasteiger charge is 2.30. The van der Waals surface area contributed by atoms with Gasteiger partial charge in [0.2, 0.25) is 0 Å². The molecule has 4 rings (SSSR count). The first-order valence-electron chi connectivity index (χ1n) is 9.91. The molecule has 1 atom stereocenters. The molecule has 0 spiro atoms. The fourth-order valence-corrected chi connectivity index (χ4v) is 4.26. The Labute approximate surface area is 155 Å². The van der Waals surface area contributed by atoms with E-state index in [0.29, 0.717) is 11.8 Å². The number of fused-ring (bicyclic) bond motifs is 1. The van der Waals surface area contributed by atoms with E-state index in [2.05, 4.69) is 39.0 Å². The predicted octanol–water partition coefficient (Wildman–Crippen LogP) is 3.93. The lowest BCUT2D eigenvalue weighted by atomic mass is 9.90. The van der Waals surface area contributed by atoms with Gasteiger partial charge in [-0.2, -0.15) is 0 Å². The number of nitrogens with zero attached hydrogens (tertiary/aromatic N) is 2. The first-order valence-corrected chi connectivity index (χ1v) is 9.91. The van der Waals surface area contributed by atoms with Crippen LogP contribution in [0.15, 0.2) is 18.2 Å². The third-order valence-electron chi connectivity index (χ3n) is 6.06. The van der Waals surface area contributed by atoms with E-state index in [1.54, 1.807) is 0 Å². The predicted molar refractivity (Wildman–Crippen MR) is 105 cm³/mol. The number of pyridine rings is 1. The maximum absolute atomic E-state index is 13.4. The molecular weight excluding hydrogens is 322 g/mol. The highest BCUT2D eigenvalue weighted by atomic mass is 16.2. The molecule has 2 aromatic rings. The average Bonchev–Trinajstić information content (AvgIpc) is 3.45. The molecule has 4 nitrogen and oxygen atoms in total. The molecule has 2 N–H and O–H groups in total. The Hall–Kier alpha value is -1.94. The Morgan fingerprint density at radius 2 is 1.85 bits per heavy atom. The maximum Gasteiger partial charge on any atom is 0.254 e. The van der Waals surface area contributed by atoms with Gasteiger partial charge in [-0.3, -0.25) is 9.78 Å². The van der Waals surface area contributed by atoms with Gasteiger partial charge in [-0.05, 0) is 70.1 Å². The summed E-state index contributed by atoms with van der Waals surface area (Å²) in [6.45, 7) is 7.87. The fourth-order valence-electron chi connectivity index (χ4n) is 4.26. The van der Waals surface area contributed by atoms with E-state index >= 15 is 0 Å². The number of benzene rings is 1. The normalized spacial score (nSPS) is 19.8. The molecular formula is C22H29N3O. The maximum atomic E-state index is 13.4. The van der Waals surface area contributed by atoms with Crippen molar-refractivity contribution in [3.05, 3.63) is 40.6 Å². The minimum absolute atomic E-state index is 0.160. The van der Waals surface area contributed by atoms with E-state index in [-0.39, 0.29) is 11.9 Å². The Kier molecular flexibility index (Phi) is 4.47. The minimum atomic E-state index is 0.160. The monoisotopic (exact) mass is 351 g/mol. The summed E-state index contributed by atoms with van der Waals surface area (Å²) in [5, 5.41) is 1.01. The quantitative estimate of drug-likeness (QED) is 0.911. The zero-order chi connectivity index (χ0) is 18.4. The SMILES string of the molecule is Cc1cc(C)c2nc(C3CC3)cc(C(=O)N3CCC(C(C)N)CC3)c2c1. The lowest BCUT2D eigenvalue weighted by Crippen LogP contribution is -2.42. The van der Waals surface area contributed by atoms with Crippen LogP contribution in [0.3, 0.4) is 0 Å². The van der Waals surface area contributed by atoms with E-state index in [4.69, 9.17) is 10.7 Å². The van der Waals surface area contributed by atoms with Gasteiger partial charge in [0.25, 0.3) is 5.91 Å². The Morgan fingerprint density at radius 3 is 2.46 bits per heavy atom. The van der Waals surface area contributed by atoms with Crippen LogP contribution in [0, 0.1) is 19.8 Å². The van der Waals surface area contributed by atoms with Crippen LogP contribution in [-0.2, 0) is 0 Å². The van der Waals surface area contributed by atoms with Crippen molar-refractivity contribution in [1.82, 2.24) is 9.88 Å². The van der Waals surface area contributed by atoms with Gasteiger partial charge < -0.3 is 10.6 Å². The van der Waals surface area contributed by atoms with Crippen LogP contribution in [0.25, 0.3) is 10.9 Å². The van der Waals surface area contributed by atoms with Crippen LogP contribution in [0.2, 0.25) is 0 Å². The molecule has 1 aliphatic heterocycles. The first kappa shape index (κ1) is 17.5. The Bertz CT molecular complexity index is 846. The van der Waals surface area contributed by atoms with Crippen LogP contribution >= 0.6 is 0 Å². The number of nitrogens with two attached hydrogens (primary N) is 1. The van der Waals surface area contributed by atoms with Crippen molar-refractivity contribution in [2.24, 2.45) is 11.7 Å². The molecule has 1 saturated heterocycles. The van der Waals surface area contributed by atoms with Gasteiger partial charge in [0.15, 0.2) is 0 Å². The number of carbonyl (C=O) groups excluding carboxylic acids is 1. The second-order valence-corrected chi connectivity index (χ2v) is 8.34. The fraction of sp³-hybridized carbons (Fsp3) is 0.545. The highest BCUT2D eigenvalue weighted by Crippen LogP contribution is 2.41. The van der Waals surface area contributed by atoms with Crippen molar-refractivity contribution in [2.75, 3.05) is 13.1 Å². The molecule has 2 heterocycles. The highest BCUT2D eigenvalue weighted by molar-refractivity contribution is 6.07. The number of hydrogen-bond donors (Lipinski definition) is 1. The van der Waals surface area contributed by atoms with Crippen LogP contribution in [-0.4, -0.2) is 34.9 Å². The second kappa shape index (κ2) is 6.66. The first-order chi connectivity index (χ1) is 12.4. The summed E-state index contributed by atoms with van der Waals surface area (Å²) >= 11 is 0. The van der Waals surface area contributed by atoms with Crippen LogP contribution < -0.4 is 5.73 Å². The molecule has 2 aliphatic rings. The molecule has 1 amide bonds. The summed E-state index contributed by atoms with van der Waals surface area (Å²) in [6, 6.07) is 6.56. The van der Waals surface area contributed by atoms with E-state index in [1.165, 1.54) is 18.4 Å². The molecule has 2 fully saturated rings. The number of amides is 1. The number of carbonyl (C=O) groups is 1. The minimum Gasteiger partial charge on any atom is -0.339 e. The lowest BCUT2D eigenvalue weighted by molar-refractivity contribution is 0.0683. The van der Waals surface area contributed by atoms with E-state index in [1.807, 2.05) is 4.90 Å². The Morgan fingerprint density at radius 1 is 1.15 bits per heavy atom. The molecule has 26 heavy (non-hydrogen) atoms. The molecule has 4 heteroatoms. The Balaban J connectivity index is 1.72. The molecule has 138 valence electrons. The van der Waals surface area contributed by atoms with E-state index in [0.717, 1.165) is 53.7 Å². The molecule has 1 aromatic heterocycles. The van der Waals surface area contributed by atoms with Crippen molar-refractivity contribution in [2.45, 2.75) is 58.4 Å².